The van der Waals surface area contributed by atoms with Crippen LogP contribution in [-0.4, -0.2) is 20.9 Å². The molecule has 0 fully saturated rings. The maximum Gasteiger partial charge on any atom is -0.0564 e. The summed E-state index contributed by atoms with van der Waals surface area (Å²) in [6, 6.07) is 10.4. The van der Waals surface area contributed by atoms with E-state index >= 15 is 0 Å². The average Bonchev–Trinajstić information content (AvgIpc) is 2.76. The fourth-order valence-electron chi connectivity index (χ4n) is 2.22. The molecule has 5 heteroatoms. The van der Waals surface area contributed by atoms with Gasteiger partial charge in [-0.3, -0.25) is 0 Å². The molecule has 0 aliphatic carbocycles. The van der Waals surface area contributed by atoms with Gasteiger partial charge in [0.05, 0.1) is 0 Å². The Hall–Kier alpha value is -1.87. The van der Waals surface area contributed by atoms with Gasteiger partial charge < -0.3 is 0 Å². The Morgan fingerprint density at radius 1 is 1.20 bits per heavy atom. The molecule has 2 aromatic carbocycles. The molecule has 1 heterocycles. The Morgan fingerprint density at radius 3 is 2.50 bits per heavy atom. The van der Waals surface area contributed by atoms with Crippen LogP contribution in [-0.2, 0) is 18.3 Å². The number of hydrogen-bond acceptors (Lipinski definition) is 2. The molecule has 3 rings (SSSR count). The van der Waals surface area contributed by atoms with Crippen LogP contribution in [0.4, 0.5) is 4.79 Å². The first-order chi connectivity index (χ1) is 9.59. The molecule has 0 aliphatic heterocycles. The summed E-state index contributed by atoms with van der Waals surface area (Å²) in [7, 11) is 0. The zero-order chi connectivity index (χ0) is 14.9. The summed E-state index contributed by atoms with van der Waals surface area (Å²) in [5, 5.41) is 20.6. The van der Waals surface area contributed by atoms with E-state index in [1.807, 2.05) is 12.1 Å². The van der Waals surface area contributed by atoms with Crippen LogP contribution in [0.2, 0.25) is 0 Å². The minimum absolute atomic E-state index is 0.129. The number of phenols is 1. The van der Waals surface area contributed by atoms with E-state index in [0.29, 0.717) is 15.2 Å². The predicted octanol–water partition coefficient (Wildman–Crippen LogP) is 3.04. The zero-order valence-electron chi connectivity index (χ0n) is 10.8. The fraction of sp³-hybridized carbons (Fsp3) is 0.0667. The van der Waals surface area contributed by atoms with E-state index in [0.717, 1.165) is 10.8 Å². The molecule has 0 unspecified atom stereocenters. The minimum Gasteiger partial charge on any atom is -0.0654 e. The van der Waals surface area contributed by atoms with Crippen molar-refractivity contribution < 1.29 is 33.3 Å². The molecule has 0 atom stereocenters. The summed E-state index contributed by atoms with van der Waals surface area (Å²) in [4.78, 5) is 11.4. The van der Waals surface area contributed by atoms with Crippen LogP contribution in [0.5, 0.6) is 5.75 Å². The van der Waals surface area contributed by atoms with Crippen molar-refractivity contribution in [2.75, 3.05) is 0 Å². The third-order valence-corrected chi connectivity index (χ3v) is 3.55. The molecular weight excluding hydrogens is 343 g/mol. The Morgan fingerprint density at radius 2 is 1.85 bits per heavy atom. The molecule has 20 heavy (non-hydrogen) atoms. The summed E-state index contributed by atoms with van der Waals surface area (Å²) < 4.78 is 1.92. The third-order valence-electron chi connectivity index (χ3n) is 2.89. The van der Waals surface area contributed by atoms with Crippen molar-refractivity contribution in [2.24, 2.45) is 0 Å². The molecule has 2 N–H and O–H groups in total. The van der Waals surface area contributed by atoms with Crippen LogP contribution >= 0.6 is 0 Å². The maximum atomic E-state index is 11.4. The molecule has 3 aromatic rings. The number of nitrogens with zero attached hydrogens (tertiary/aromatic N) is 1. The van der Waals surface area contributed by atoms with E-state index in [-0.39, 0.29) is 5.75 Å². The van der Waals surface area contributed by atoms with Gasteiger partial charge in [0.15, 0.2) is 0 Å². The first-order valence-electron chi connectivity index (χ1n) is 5.94. The quantitative estimate of drug-likeness (QED) is 0.609. The van der Waals surface area contributed by atoms with Gasteiger partial charge in [0.2, 0.25) is 0 Å². The van der Waals surface area contributed by atoms with Gasteiger partial charge in [-0.2, -0.15) is 0 Å². The van der Waals surface area contributed by atoms with Crippen LogP contribution < -0.4 is 4.16 Å². The number of carboxylic acid groups (broad SMARTS) is 1. The van der Waals surface area contributed by atoms with Gasteiger partial charge in [0, 0.05) is 0 Å². The average molecular weight is 356 g/mol. The predicted molar refractivity (Wildman–Crippen MR) is 75.2 cm³/mol. The van der Waals surface area contributed by atoms with Crippen LogP contribution in [0.25, 0.3) is 21.8 Å². The number of para-hydroxylation sites is 1. The summed E-state index contributed by atoms with van der Waals surface area (Å²) in [5.74, 6) is 0.129. The number of aromatic hydroxyl groups is 1. The molecule has 0 amide bonds. The van der Waals surface area contributed by atoms with Crippen LogP contribution in [0.1, 0.15) is 6.92 Å². The zero-order valence-corrected chi connectivity index (χ0v) is 12.5. The Balaban J connectivity index is 0.000000704. The molecule has 4 nitrogen and oxygen atoms in total. The van der Waals surface area contributed by atoms with E-state index in [4.69, 9.17) is 0 Å². The monoisotopic (exact) mass is 357 g/mol. The summed E-state index contributed by atoms with van der Waals surface area (Å²) in [6.45, 7) is 5.00. The molecule has 0 saturated heterocycles. The van der Waals surface area contributed by atoms with Crippen LogP contribution in [0.15, 0.2) is 36.4 Å². The summed E-state index contributed by atoms with van der Waals surface area (Å²) in [6.07, 6.45) is -1.03. The van der Waals surface area contributed by atoms with Crippen molar-refractivity contribution >= 4 is 32.1 Å². The van der Waals surface area contributed by atoms with Gasteiger partial charge in [-0.1, -0.05) is 13.8 Å². The van der Waals surface area contributed by atoms with Gasteiger partial charge in [-0.25, -0.2) is 0 Å². The van der Waals surface area contributed by atoms with Gasteiger partial charge >= 0.3 is 112 Å². The second-order valence-electron chi connectivity index (χ2n) is 3.95. The number of rotatable bonds is 0. The van der Waals surface area contributed by atoms with E-state index in [9.17, 15) is 15.0 Å². The van der Waals surface area contributed by atoms with Gasteiger partial charge in [-0.15, -0.1) is 0 Å². The smallest absolute Gasteiger partial charge is 0.0564 e. The molecule has 104 valence electrons. The van der Waals surface area contributed by atoms with Gasteiger partial charge in [0.25, 0.3) is 0 Å². The molecule has 0 saturated carbocycles. The first kappa shape index (κ1) is 14.5. The number of benzene rings is 2. The standard InChI is InChI=1S/C13H8NO3.C2H5.Ru/c15-8-5-6-12-10(7-8)9-3-1-2-4-11(9)14(12)13(16)17;1-2;/h1-5,7,15H,(H,16,17);1H2,2H3;. The molecule has 0 bridgehead atoms. The minimum atomic E-state index is -1.03. The van der Waals surface area contributed by atoms with Crippen molar-refractivity contribution in [2.45, 2.75) is 6.92 Å². The third kappa shape index (κ3) is 2.18. The normalized spacial score (nSPS) is 10.3. The molecule has 1 aromatic heterocycles. The van der Waals surface area contributed by atoms with Crippen molar-refractivity contribution in [3.8, 4) is 5.75 Å². The van der Waals surface area contributed by atoms with Crippen molar-refractivity contribution in [3.63, 3.8) is 0 Å². The van der Waals surface area contributed by atoms with E-state index in [2.05, 4.69) is 25.2 Å². The van der Waals surface area contributed by atoms with Crippen molar-refractivity contribution in [3.05, 3.63) is 43.3 Å². The Kier molecular flexibility index (Phi) is 4.10. The van der Waals surface area contributed by atoms with Crippen LogP contribution in [0, 0.1) is 6.92 Å². The van der Waals surface area contributed by atoms with E-state index < -0.39 is 6.09 Å². The maximum absolute atomic E-state index is 11.4. The molecule has 1 radical (unpaired) electrons. The SMILES string of the molecule is O=C(O)n1c2ccccc2c2cc(O)c[c]([Ru])c21.[CH2]C. The Bertz CT molecular complexity index is 793. The van der Waals surface area contributed by atoms with Crippen molar-refractivity contribution in [1.82, 2.24) is 4.57 Å². The van der Waals surface area contributed by atoms with Crippen LogP contribution in [0.3, 0.4) is 0 Å². The fourth-order valence-corrected chi connectivity index (χ4v) is 2.91. The van der Waals surface area contributed by atoms with Crippen molar-refractivity contribution in [1.29, 1.82) is 0 Å². The first-order valence-corrected chi connectivity index (χ1v) is 6.81. The number of phenolic OH excluding ortho intramolecular Hbond substituents is 1. The Labute approximate surface area is 126 Å². The van der Waals surface area contributed by atoms with E-state index in [1.54, 1.807) is 25.1 Å². The largest absolute Gasteiger partial charge is 0.0654 e. The second-order valence-corrected chi connectivity index (χ2v) is 4.88. The molecule has 0 spiro atoms. The number of fused-ring (bicyclic) bond motifs is 3. The van der Waals surface area contributed by atoms with Gasteiger partial charge in [0.1, 0.15) is 0 Å². The number of aromatic nitrogens is 1. The van der Waals surface area contributed by atoms with E-state index in [1.165, 1.54) is 10.6 Å². The topological polar surface area (TPSA) is 62.5 Å². The second kappa shape index (κ2) is 5.63. The molecular formula is C15H13NO3Ru. The number of carbonyl (C=O) groups is 1. The molecule has 0 aliphatic rings. The van der Waals surface area contributed by atoms with Gasteiger partial charge in [-0.05, 0) is 0 Å². The summed E-state index contributed by atoms with van der Waals surface area (Å²) >= 11 is 2.36. The number of hydrogen-bond donors (Lipinski definition) is 2. The summed E-state index contributed by atoms with van der Waals surface area (Å²) in [5.41, 5.74) is 1.22.